The molecule has 0 radical (unpaired) electrons. The molecule has 1 saturated heterocycles. The Morgan fingerprint density at radius 3 is 2.86 bits per heavy atom. The van der Waals surface area contributed by atoms with Crippen molar-refractivity contribution in [3.8, 4) is 11.5 Å². The average molecular weight is 417 g/mol. The second-order valence-electron chi connectivity index (χ2n) is 8.18. The van der Waals surface area contributed by atoms with Gasteiger partial charge in [0, 0.05) is 6.61 Å². The number of rotatable bonds is 2. The highest BCUT2D eigenvalue weighted by molar-refractivity contribution is 8.00. The molecule has 3 aliphatic heterocycles. The fourth-order valence-corrected chi connectivity index (χ4v) is 5.39. The molecule has 1 aromatic heterocycles. The number of aromatic nitrogens is 2. The summed E-state index contributed by atoms with van der Waals surface area (Å²) in [7, 11) is 0. The molecule has 0 unspecified atom stereocenters. The number of carbonyl (C=O) groups is 1. The SMILES string of the molecule is CC1(C)C[C@@H](n2[nH]c(=O)c3c2NC(=O)CS[C@H]3c2ccc3c(c2)OCO3)CCO1. The predicted molar refractivity (Wildman–Crippen MR) is 109 cm³/mol. The van der Waals surface area contributed by atoms with Crippen molar-refractivity contribution in [2.45, 2.75) is 43.6 Å². The number of amides is 1. The molecule has 0 bridgehead atoms. The van der Waals surface area contributed by atoms with Crippen molar-refractivity contribution in [2.75, 3.05) is 24.5 Å². The first-order valence-electron chi connectivity index (χ1n) is 9.71. The van der Waals surface area contributed by atoms with Gasteiger partial charge in [-0.2, -0.15) is 0 Å². The summed E-state index contributed by atoms with van der Waals surface area (Å²) in [5, 5.41) is 5.67. The molecule has 0 spiro atoms. The normalized spacial score (nSPS) is 25.2. The Labute approximate surface area is 171 Å². The lowest BCUT2D eigenvalue weighted by Crippen LogP contribution is -2.36. The highest BCUT2D eigenvalue weighted by Crippen LogP contribution is 2.44. The van der Waals surface area contributed by atoms with Crippen LogP contribution in [0.5, 0.6) is 11.5 Å². The molecule has 8 nitrogen and oxygen atoms in total. The van der Waals surface area contributed by atoms with Gasteiger partial charge in [-0.3, -0.25) is 19.4 Å². The van der Waals surface area contributed by atoms with Crippen molar-refractivity contribution in [1.82, 2.24) is 9.78 Å². The number of fused-ring (bicyclic) bond motifs is 2. The van der Waals surface area contributed by atoms with E-state index < -0.39 is 0 Å². The van der Waals surface area contributed by atoms with Crippen LogP contribution in [0.4, 0.5) is 5.82 Å². The van der Waals surface area contributed by atoms with E-state index in [-0.39, 0.29) is 40.9 Å². The number of benzene rings is 1. The molecule has 1 amide bonds. The molecule has 2 N–H and O–H groups in total. The van der Waals surface area contributed by atoms with Gasteiger partial charge in [0.05, 0.1) is 28.2 Å². The van der Waals surface area contributed by atoms with Crippen LogP contribution in [-0.2, 0) is 9.53 Å². The molecule has 0 aliphatic carbocycles. The van der Waals surface area contributed by atoms with Gasteiger partial charge in [0.2, 0.25) is 12.7 Å². The standard InChI is InChI=1S/C20H23N3O5S/c1-20(2)8-12(5-6-28-20)23-18-16(19(25)22-23)17(29-9-15(24)21-18)11-3-4-13-14(7-11)27-10-26-13/h3-4,7,12,17H,5-6,8-10H2,1-2H3,(H,21,24)(H,22,25)/t12-,17-/m0/s1. The summed E-state index contributed by atoms with van der Waals surface area (Å²) >= 11 is 1.44. The Morgan fingerprint density at radius 1 is 1.21 bits per heavy atom. The summed E-state index contributed by atoms with van der Waals surface area (Å²) in [5.41, 5.74) is 1.02. The summed E-state index contributed by atoms with van der Waals surface area (Å²) in [4.78, 5) is 25.5. The van der Waals surface area contributed by atoms with Gasteiger partial charge in [0.25, 0.3) is 5.56 Å². The van der Waals surface area contributed by atoms with E-state index in [0.717, 1.165) is 18.4 Å². The Hall–Kier alpha value is -2.39. The van der Waals surface area contributed by atoms with Gasteiger partial charge in [0.1, 0.15) is 5.82 Å². The highest BCUT2D eigenvalue weighted by atomic mass is 32.2. The Balaban J connectivity index is 1.59. The van der Waals surface area contributed by atoms with Crippen LogP contribution in [-0.4, -0.2) is 40.4 Å². The summed E-state index contributed by atoms with van der Waals surface area (Å²) < 4.78 is 18.6. The van der Waals surface area contributed by atoms with Crippen LogP contribution in [0.1, 0.15) is 49.1 Å². The van der Waals surface area contributed by atoms with Gasteiger partial charge in [-0.05, 0) is 44.4 Å². The molecular formula is C20H23N3O5S. The number of carbonyl (C=O) groups excluding carboxylic acids is 1. The highest BCUT2D eigenvalue weighted by Gasteiger charge is 2.36. The van der Waals surface area contributed by atoms with E-state index >= 15 is 0 Å². The van der Waals surface area contributed by atoms with E-state index in [1.165, 1.54) is 11.8 Å². The van der Waals surface area contributed by atoms with Gasteiger partial charge in [-0.1, -0.05) is 6.07 Å². The first-order valence-corrected chi connectivity index (χ1v) is 10.8. The smallest absolute Gasteiger partial charge is 0.270 e. The van der Waals surface area contributed by atoms with Crippen LogP contribution in [0.25, 0.3) is 0 Å². The number of nitrogens with zero attached hydrogens (tertiary/aromatic N) is 1. The lowest BCUT2D eigenvalue weighted by atomic mass is 9.94. The number of hydrogen-bond acceptors (Lipinski definition) is 6. The number of H-pyrrole nitrogens is 1. The topological polar surface area (TPSA) is 94.6 Å². The second kappa shape index (κ2) is 6.84. The number of anilines is 1. The quantitative estimate of drug-likeness (QED) is 0.780. The van der Waals surface area contributed by atoms with Gasteiger partial charge in [-0.15, -0.1) is 11.8 Å². The third kappa shape index (κ3) is 3.32. The summed E-state index contributed by atoms with van der Waals surface area (Å²) in [5.74, 6) is 2.08. The third-order valence-electron chi connectivity index (χ3n) is 5.60. The zero-order valence-corrected chi connectivity index (χ0v) is 17.1. The van der Waals surface area contributed by atoms with Crippen LogP contribution < -0.4 is 20.3 Å². The maximum atomic E-state index is 13.0. The largest absolute Gasteiger partial charge is 0.454 e. The van der Waals surface area contributed by atoms with Gasteiger partial charge < -0.3 is 19.5 Å². The van der Waals surface area contributed by atoms with Crippen molar-refractivity contribution in [2.24, 2.45) is 0 Å². The van der Waals surface area contributed by atoms with Gasteiger partial charge in [0.15, 0.2) is 11.5 Å². The Morgan fingerprint density at radius 2 is 2.03 bits per heavy atom. The van der Waals surface area contributed by atoms with Crippen molar-refractivity contribution < 1.29 is 19.0 Å². The molecule has 2 aromatic rings. The Kier molecular flexibility index (Phi) is 4.40. The first-order chi connectivity index (χ1) is 13.9. The van der Waals surface area contributed by atoms with Crippen molar-refractivity contribution in [1.29, 1.82) is 0 Å². The molecule has 2 atom stereocenters. The number of hydrogen-bond donors (Lipinski definition) is 2. The fourth-order valence-electron chi connectivity index (χ4n) is 4.28. The summed E-state index contributed by atoms with van der Waals surface area (Å²) in [6, 6.07) is 5.73. The molecule has 1 aromatic carbocycles. The first kappa shape index (κ1) is 18.6. The minimum Gasteiger partial charge on any atom is -0.454 e. The van der Waals surface area contributed by atoms with E-state index in [9.17, 15) is 9.59 Å². The van der Waals surface area contributed by atoms with Crippen molar-refractivity contribution in [3.05, 3.63) is 39.7 Å². The van der Waals surface area contributed by atoms with Crippen molar-refractivity contribution >= 4 is 23.5 Å². The zero-order chi connectivity index (χ0) is 20.2. The second-order valence-corrected chi connectivity index (χ2v) is 9.27. The summed E-state index contributed by atoms with van der Waals surface area (Å²) in [6.45, 7) is 4.89. The van der Waals surface area contributed by atoms with Crippen LogP contribution in [0.15, 0.2) is 23.0 Å². The molecule has 4 heterocycles. The van der Waals surface area contributed by atoms with Crippen LogP contribution in [0, 0.1) is 0 Å². The molecule has 154 valence electrons. The molecule has 1 fully saturated rings. The monoisotopic (exact) mass is 417 g/mol. The van der Waals surface area contributed by atoms with Crippen molar-refractivity contribution in [3.63, 3.8) is 0 Å². The number of aromatic amines is 1. The number of nitrogens with one attached hydrogen (secondary N) is 2. The van der Waals surface area contributed by atoms with Crippen LogP contribution in [0.2, 0.25) is 0 Å². The molecule has 9 heteroatoms. The van der Waals surface area contributed by atoms with Crippen LogP contribution in [0.3, 0.4) is 0 Å². The van der Waals surface area contributed by atoms with Gasteiger partial charge in [-0.25, -0.2) is 0 Å². The van der Waals surface area contributed by atoms with E-state index in [0.29, 0.717) is 29.5 Å². The van der Waals surface area contributed by atoms with E-state index in [1.54, 1.807) is 0 Å². The molecule has 0 saturated carbocycles. The van der Waals surface area contributed by atoms with Gasteiger partial charge >= 0.3 is 0 Å². The Bertz CT molecular complexity index is 1030. The maximum absolute atomic E-state index is 13.0. The van der Waals surface area contributed by atoms with E-state index in [4.69, 9.17) is 14.2 Å². The minimum atomic E-state index is -0.281. The zero-order valence-electron chi connectivity index (χ0n) is 16.3. The molecule has 29 heavy (non-hydrogen) atoms. The average Bonchev–Trinajstić information content (AvgIpc) is 3.21. The van der Waals surface area contributed by atoms with Crippen LogP contribution >= 0.6 is 11.8 Å². The number of thioether (sulfide) groups is 1. The molecular weight excluding hydrogens is 394 g/mol. The maximum Gasteiger partial charge on any atom is 0.270 e. The lowest BCUT2D eigenvalue weighted by molar-refractivity contribution is -0.113. The molecule has 5 rings (SSSR count). The number of ether oxygens (including phenoxy) is 3. The van der Waals surface area contributed by atoms with E-state index in [1.807, 2.05) is 36.7 Å². The predicted octanol–water partition coefficient (Wildman–Crippen LogP) is 2.81. The minimum absolute atomic E-state index is 0.0519. The third-order valence-corrected chi connectivity index (χ3v) is 6.87. The van der Waals surface area contributed by atoms with E-state index in [2.05, 4.69) is 10.4 Å². The summed E-state index contributed by atoms with van der Waals surface area (Å²) in [6.07, 6.45) is 1.53. The lowest BCUT2D eigenvalue weighted by Gasteiger charge is -2.36. The fraction of sp³-hybridized carbons (Fsp3) is 0.500. The molecule has 3 aliphatic rings.